The molecule has 5 heteroatoms. The minimum absolute atomic E-state index is 0.135. The van der Waals surface area contributed by atoms with Crippen LogP contribution < -0.4 is 0 Å². The van der Waals surface area contributed by atoms with E-state index in [4.69, 9.17) is 0 Å². The zero-order chi connectivity index (χ0) is 17.8. The van der Waals surface area contributed by atoms with Crippen LogP contribution in [0.4, 0.5) is 13.2 Å². The Morgan fingerprint density at radius 2 is 1.22 bits per heavy atom. The van der Waals surface area contributed by atoms with Gasteiger partial charge in [-0.3, -0.25) is 0 Å². The highest BCUT2D eigenvalue weighted by atomic mass is 19.4. The van der Waals surface area contributed by atoms with Crippen molar-refractivity contribution in [1.82, 2.24) is 0 Å². The second-order valence-corrected chi connectivity index (χ2v) is 6.42. The third-order valence-electron chi connectivity index (χ3n) is 5.07. The normalized spacial score (nSPS) is 12.4. The van der Waals surface area contributed by atoms with Crippen molar-refractivity contribution in [2.45, 2.75) is 97.6 Å². The average Bonchev–Trinajstić information content (AvgIpc) is 2.52. The van der Waals surface area contributed by atoms with E-state index in [1.807, 2.05) is 0 Å². The van der Waals surface area contributed by atoms with Crippen molar-refractivity contribution in [3.63, 3.8) is 0 Å². The second kappa shape index (κ2) is 11.7. The predicted octanol–water partition coefficient (Wildman–Crippen LogP) is 6.43. The van der Waals surface area contributed by atoms with E-state index in [2.05, 4.69) is 25.5 Å². The maximum Gasteiger partial charge on any atom is 0.490 e. The second-order valence-electron chi connectivity index (χ2n) is 6.42. The molecule has 0 rings (SSSR count). The molecule has 2 nitrogen and oxygen atoms in total. The number of hydrogen-bond acceptors (Lipinski definition) is 2. The number of esters is 1. The molecule has 0 saturated carbocycles. The zero-order valence-corrected chi connectivity index (χ0v) is 14.9. The number of carbonyl (C=O) groups excluding carboxylic acids is 1. The van der Waals surface area contributed by atoms with Gasteiger partial charge in [-0.05, 0) is 18.3 Å². The van der Waals surface area contributed by atoms with E-state index in [1.54, 1.807) is 0 Å². The molecule has 0 N–H and O–H groups in total. The van der Waals surface area contributed by atoms with Gasteiger partial charge in [0, 0.05) is 0 Å². The zero-order valence-electron chi connectivity index (χ0n) is 14.9. The minimum atomic E-state index is -4.87. The Balaban J connectivity index is 3.49. The first-order chi connectivity index (χ1) is 10.8. The molecule has 0 spiro atoms. The minimum Gasteiger partial charge on any atom is -0.459 e. The summed E-state index contributed by atoms with van der Waals surface area (Å²) in [5, 5.41) is 0. The van der Waals surface area contributed by atoms with Crippen LogP contribution in [0.1, 0.15) is 91.4 Å². The van der Waals surface area contributed by atoms with Gasteiger partial charge in [-0.15, -0.1) is 0 Å². The van der Waals surface area contributed by atoms with Crippen molar-refractivity contribution >= 4 is 5.97 Å². The summed E-state index contributed by atoms with van der Waals surface area (Å²) in [5.74, 6) is -2.08. The summed E-state index contributed by atoms with van der Waals surface area (Å²) in [6.45, 7) is 6.69. The Hall–Kier alpha value is -0.740. The summed E-state index contributed by atoms with van der Waals surface area (Å²) < 4.78 is 39.8. The number of rotatable bonds is 13. The van der Waals surface area contributed by atoms with Crippen LogP contribution in [-0.4, -0.2) is 18.8 Å². The van der Waals surface area contributed by atoms with Gasteiger partial charge in [0.25, 0.3) is 0 Å². The van der Waals surface area contributed by atoms with Gasteiger partial charge in [-0.25, -0.2) is 4.79 Å². The molecule has 0 aliphatic heterocycles. The fraction of sp³-hybridized carbons (Fsp3) is 0.944. The van der Waals surface area contributed by atoms with Gasteiger partial charge in [-0.2, -0.15) is 13.2 Å². The highest BCUT2D eigenvalue weighted by molar-refractivity contribution is 5.75. The van der Waals surface area contributed by atoms with E-state index in [0.717, 1.165) is 19.3 Å². The Morgan fingerprint density at radius 3 is 1.65 bits per heavy atom. The van der Waals surface area contributed by atoms with E-state index in [9.17, 15) is 18.0 Å². The van der Waals surface area contributed by atoms with E-state index < -0.39 is 12.1 Å². The Bertz CT molecular complexity index is 302. The van der Waals surface area contributed by atoms with Gasteiger partial charge in [-0.1, -0.05) is 78.6 Å². The van der Waals surface area contributed by atoms with Gasteiger partial charge in [0.15, 0.2) is 0 Å². The standard InChI is InChI=1S/C18H33F3O2/c1-4-17(5-2,6-3)14-12-10-8-7-9-11-13-15-23-16(22)18(19,20)21/h4-15H2,1-3H3. The van der Waals surface area contributed by atoms with Crippen molar-refractivity contribution in [2.75, 3.05) is 6.61 Å². The fourth-order valence-electron chi connectivity index (χ4n) is 3.01. The number of hydrogen-bond donors (Lipinski definition) is 0. The van der Waals surface area contributed by atoms with Crippen LogP contribution in [0.2, 0.25) is 0 Å². The molecular weight excluding hydrogens is 305 g/mol. The predicted molar refractivity (Wildman–Crippen MR) is 87.3 cm³/mol. The third-order valence-corrected chi connectivity index (χ3v) is 5.07. The van der Waals surface area contributed by atoms with E-state index in [0.29, 0.717) is 11.8 Å². The van der Waals surface area contributed by atoms with Gasteiger partial charge in [0.05, 0.1) is 6.61 Å². The molecule has 23 heavy (non-hydrogen) atoms. The lowest BCUT2D eigenvalue weighted by Gasteiger charge is -2.30. The van der Waals surface area contributed by atoms with Crippen LogP contribution in [-0.2, 0) is 9.53 Å². The number of halogens is 3. The maximum atomic E-state index is 11.9. The summed E-state index contributed by atoms with van der Waals surface area (Å²) in [5.41, 5.74) is 0.516. The highest BCUT2D eigenvalue weighted by Gasteiger charge is 2.40. The first kappa shape index (κ1) is 22.3. The third kappa shape index (κ3) is 9.87. The first-order valence-corrected chi connectivity index (χ1v) is 9.05. The molecule has 138 valence electrons. The summed E-state index contributed by atoms with van der Waals surface area (Å²) in [6, 6.07) is 0. The van der Waals surface area contributed by atoms with Crippen LogP contribution in [0.15, 0.2) is 0 Å². The maximum absolute atomic E-state index is 11.9. The van der Waals surface area contributed by atoms with Crippen LogP contribution in [0.3, 0.4) is 0 Å². The molecular formula is C18H33F3O2. The van der Waals surface area contributed by atoms with Gasteiger partial charge in [0.2, 0.25) is 0 Å². The van der Waals surface area contributed by atoms with Crippen molar-refractivity contribution < 1.29 is 22.7 Å². The van der Waals surface area contributed by atoms with Gasteiger partial charge in [0.1, 0.15) is 0 Å². The molecule has 0 saturated heterocycles. The molecule has 0 aromatic heterocycles. The Labute approximate surface area is 139 Å². The monoisotopic (exact) mass is 338 g/mol. The van der Waals surface area contributed by atoms with Crippen molar-refractivity contribution in [3.8, 4) is 0 Å². The molecule has 0 unspecified atom stereocenters. The quantitative estimate of drug-likeness (QED) is 0.286. The average molecular weight is 338 g/mol. The summed E-state index contributed by atoms with van der Waals surface area (Å²) in [7, 11) is 0. The summed E-state index contributed by atoms with van der Waals surface area (Å²) >= 11 is 0. The highest BCUT2D eigenvalue weighted by Crippen LogP contribution is 2.36. The molecule has 0 fully saturated rings. The number of ether oxygens (including phenoxy) is 1. The molecule has 0 heterocycles. The number of carbonyl (C=O) groups is 1. The van der Waals surface area contributed by atoms with E-state index >= 15 is 0 Å². The van der Waals surface area contributed by atoms with Crippen LogP contribution in [0, 0.1) is 5.41 Å². The van der Waals surface area contributed by atoms with E-state index in [-0.39, 0.29) is 6.61 Å². The van der Waals surface area contributed by atoms with Crippen LogP contribution in [0.25, 0.3) is 0 Å². The first-order valence-electron chi connectivity index (χ1n) is 9.05. The molecule has 0 aromatic carbocycles. The lowest BCUT2D eigenvalue weighted by Crippen LogP contribution is -2.25. The lowest BCUT2D eigenvalue weighted by molar-refractivity contribution is -0.199. The molecule has 0 aliphatic rings. The Morgan fingerprint density at radius 1 is 0.783 bits per heavy atom. The largest absolute Gasteiger partial charge is 0.490 e. The SMILES string of the molecule is CCC(CC)(CC)CCCCCCCCCOC(=O)C(F)(F)F. The Kier molecular flexibility index (Phi) is 11.4. The van der Waals surface area contributed by atoms with Gasteiger partial charge < -0.3 is 4.74 Å². The van der Waals surface area contributed by atoms with Crippen molar-refractivity contribution in [3.05, 3.63) is 0 Å². The van der Waals surface area contributed by atoms with Crippen molar-refractivity contribution in [1.29, 1.82) is 0 Å². The topological polar surface area (TPSA) is 26.3 Å². The smallest absolute Gasteiger partial charge is 0.459 e. The van der Waals surface area contributed by atoms with Crippen LogP contribution in [0.5, 0.6) is 0 Å². The van der Waals surface area contributed by atoms with Gasteiger partial charge >= 0.3 is 12.1 Å². The molecule has 0 amide bonds. The van der Waals surface area contributed by atoms with E-state index in [1.165, 1.54) is 44.9 Å². The molecule has 0 aromatic rings. The molecule has 0 bridgehead atoms. The molecule has 0 atom stereocenters. The molecule has 0 aliphatic carbocycles. The number of unbranched alkanes of at least 4 members (excludes halogenated alkanes) is 6. The van der Waals surface area contributed by atoms with Crippen molar-refractivity contribution in [2.24, 2.45) is 5.41 Å². The molecule has 0 radical (unpaired) electrons. The number of alkyl halides is 3. The summed E-state index contributed by atoms with van der Waals surface area (Å²) in [6.07, 6.45) is 7.24. The van der Waals surface area contributed by atoms with Crippen LogP contribution >= 0.6 is 0 Å². The summed E-state index contributed by atoms with van der Waals surface area (Å²) in [4.78, 5) is 10.5. The fourth-order valence-corrected chi connectivity index (χ4v) is 3.01. The lowest BCUT2D eigenvalue weighted by atomic mass is 9.75.